The van der Waals surface area contributed by atoms with Crippen molar-refractivity contribution in [1.82, 2.24) is 0 Å². The van der Waals surface area contributed by atoms with Gasteiger partial charge in [0.15, 0.2) is 18.1 Å². The molecular formula is C23H28N2O9S. The average molecular weight is 509 g/mol. The third-order valence-electron chi connectivity index (χ3n) is 4.44. The van der Waals surface area contributed by atoms with Gasteiger partial charge in [-0.15, -0.1) is 11.3 Å². The van der Waals surface area contributed by atoms with Crippen LogP contribution in [0, 0.1) is 6.92 Å². The number of benzene rings is 1. The number of nitrogens with one attached hydrogen (secondary N) is 1. The van der Waals surface area contributed by atoms with Gasteiger partial charge in [0, 0.05) is 7.11 Å². The number of nitrogens with two attached hydrogens (primary N) is 1. The Morgan fingerprint density at radius 2 is 1.74 bits per heavy atom. The third-order valence-corrected chi connectivity index (χ3v) is 5.67. The van der Waals surface area contributed by atoms with Crippen LogP contribution in [0.2, 0.25) is 0 Å². The fraction of sp³-hybridized carbons (Fsp3) is 0.391. The number of carbonyl (C=O) groups is 4. The first-order valence-corrected chi connectivity index (χ1v) is 11.3. The van der Waals surface area contributed by atoms with Gasteiger partial charge in [-0.2, -0.15) is 0 Å². The molecule has 190 valence electrons. The van der Waals surface area contributed by atoms with Gasteiger partial charge in [-0.3, -0.25) is 9.59 Å². The first-order chi connectivity index (χ1) is 16.6. The van der Waals surface area contributed by atoms with E-state index < -0.39 is 30.4 Å². The number of hydrogen-bond donors (Lipinski definition) is 2. The van der Waals surface area contributed by atoms with E-state index in [0.717, 1.165) is 11.3 Å². The van der Waals surface area contributed by atoms with Crippen LogP contribution in [0.25, 0.3) is 0 Å². The van der Waals surface area contributed by atoms with Crippen LogP contribution in [0.3, 0.4) is 0 Å². The van der Waals surface area contributed by atoms with Crippen LogP contribution in [0.15, 0.2) is 18.2 Å². The predicted octanol–water partition coefficient (Wildman–Crippen LogP) is 2.55. The molecule has 0 aliphatic heterocycles. The lowest BCUT2D eigenvalue weighted by Gasteiger charge is -2.14. The van der Waals surface area contributed by atoms with E-state index in [2.05, 4.69) is 5.32 Å². The second-order valence-electron chi connectivity index (χ2n) is 7.41. The standard InChI is InChI=1S/C23H28N2O9S/c1-12(2)34-15-7-6-14(10-16(15)31-5)22(28)33-11-17(26)25-21-18(23(29)32-9-8-30-4)13(3)19(35-21)20(24)27/h6-7,10,12H,8-9,11H2,1-5H3,(H2,24,27)(H,25,26). The summed E-state index contributed by atoms with van der Waals surface area (Å²) in [4.78, 5) is 49.2. The van der Waals surface area contributed by atoms with Gasteiger partial charge in [0.2, 0.25) is 0 Å². The van der Waals surface area contributed by atoms with Gasteiger partial charge in [-0.1, -0.05) is 0 Å². The van der Waals surface area contributed by atoms with E-state index in [-0.39, 0.29) is 45.9 Å². The van der Waals surface area contributed by atoms with Gasteiger partial charge in [0.1, 0.15) is 11.6 Å². The quantitative estimate of drug-likeness (QED) is 0.325. The van der Waals surface area contributed by atoms with Gasteiger partial charge < -0.3 is 34.7 Å². The lowest BCUT2D eigenvalue weighted by Crippen LogP contribution is -2.22. The largest absolute Gasteiger partial charge is 0.493 e. The first-order valence-electron chi connectivity index (χ1n) is 10.5. The highest BCUT2D eigenvalue weighted by Gasteiger charge is 2.26. The molecule has 35 heavy (non-hydrogen) atoms. The summed E-state index contributed by atoms with van der Waals surface area (Å²) in [6, 6.07) is 4.49. The number of carbonyl (C=O) groups excluding carboxylic acids is 4. The van der Waals surface area contributed by atoms with Crippen LogP contribution in [0.1, 0.15) is 49.8 Å². The van der Waals surface area contributed by atoms with Gasteiger partial charge in [0.25, 0.3) is 11.8 Å². The van der Waals surface area contributed by atoms with Crippen molar-refractivity contribution < 1.29 is 42.9 Å². The Labute approximate surface area is 206 Å². The zero-order valence-corrected chi connectivity index (χ0v) is 20.9. The third kappa shape index (κ3) is 7.42. The summed E-state index contributed by atoms with van der Waals surface area (Å²) in [6.07, 6.45) is -0.0940. The number of hydrogen-bond acceptors (Lipinski definition) is 10. The molecule has 2 amide bonds. The summed E-state index contributed by atoms with van der Waals surface area (Å²) in [5.74, 6) is -2.22. The molecule has 0 aliphatic carbocycles. The van der Waals surface area contributed by atoms with Crippen LogP contribution >= 0.6 is 11.3 Å². The van der Waals surface area contributed by atoms with Crippen LogP contribution < -0.4 is 20.5 Å². The summed E-state index contributed by atoms with van der Waals surface area (Å²) in [5.41, 5.74) is 5.78. The van der Waals surface area contributed by atoms with E-state index in [0.29, 0.717) is 11.5 Å². The smallest absolute Gasteiger partial charge is 0.341 e. The normalized spacial score (nSPS) is 10.6. The monoisotopic (exact) mass is 508 g/mol. The minimum atomic E-state index is -0.770. The molecule has 1 heterocycles. The Hall–Kier alpha value is -3.64. The molecule has 0 unspecified atom stereocenters. The van der Waals surface area contributed by atoms with Crippen molar-refractivity contribution in [2.75, 3.05) is 39.4 Å². The molecule has 1 aromatic heterocycles. The summed E-state index contributed by atoms with van der Waals surface area (Å²) in [6.45, 7) is 4.72. The highest BCUT2D eigenvalue weighted by Crippen LogP contribution is 2.33. The second-order valence-corrected chi connectivity index (χ2v) is 8.43. The summed E-state index contributed by atoms with van der Waals surface area (Å²) < 4.78 is 25.9. The number of esters is 2. The van der Waals surface area contributed by atoms with Crippen molar-refractivity contribution in [2.24, 2.45) is 5.73 Å². The first kappa shape index (κ1) is 27.6. The van der Waals surface area contributed by atoms with Gasteiger partial charge in [0.05, 0.1) is 35.8 Å². The molecular weight excluding hydrogens is 480 g/mol. The molecule has 3 N–H and O–H groups in total. The van der Waals surface area contributed by atoms with Crippen molar-refractivity contribution in [3.8, 4) is 11.5 Å². The van der Waals surface area contributed by atoms with Gasteiger partial charge in [-0.05, 0) is 44.5 Å². The summed E-state index contributed by atoms with van der Waals surface area (Å²) >= 11 is 0.823. The minimum Gasteiger partial charge on any atom is -0.493 e. The van der Waals surface area contributed by atoms with E-state index in [1.54, 1.807) is 6.07 Å². The highest BCUT2D eigenvalue weighted by molar-refractivity contribution is 7.18. The van der Waals surface area contributed by atoms with E-state index in [4.69, 9.17) is 29.4 Å². The number of amides is 2. The van der Waals surface area contributed by atoms with Crippen LogP contribution in [-0.2, 0) is 19.0 Å². The summed E-state index contributed by atoms with van der Waals surface area (Å²) in [5, 5.41) is 2.53. The highest BCUT2D eigenvalue weighted by atomic mass is 32.1. The number of primary amides is 1. The molecule has 0 saturated carbocycles. The zero-order valence-electron chi connectivity index (χ0n) is 20.1. The topological polar surface area (TPSA) is 152 Å². The molecule has 2 rings (SSSR count). The van der Waals surface area contributed by atoms with Crippen molar-refractivity contribution in [3.05, 3.63) is 39.8 Å². The maximum absolute atomic E-state index is 12.5. The van der Waals surface area contributed by atoms with E-state index in [1.807, 2.05) is 13.8 Å². The Morgan fingerprint density at radius 3 is 2.34 bits per heavy atom. The molecule has 11 nitrogen and oxygen atoms in total. The van der Waals surface area contributed by atoms with E-state index in [1.165, 1.54) is 33.3 Å². The molecule has 0 radical (unpaired) electrons. The Bertz CT molecular complexity index is 1090. The number of methoxy groups -OCH3 is 2. The van der Waals surface area contributed by atoms with Crippen molar-refractivity contribution in [2.45, 2.75) is 26.9 Å². The van der Waals surface area contributed by atoms with Crippen LogP contribution in [0.4, 0.5) is 5.00 Å². The zero-order chi connectivity index (χ0) is 26.1. The lowest BCUT2D eigenvalue weighted by molar-refractivity contribution is -0.119. The molecule has 0 fully saturated rings. The summed E-state index contributed by atoms with van der Waals surface area (Å²) in [7, 11) is 2.89. The van der Waals surface area contributed by atoms with Crippen molar-refractivity contribution in [1.29, 1.82) is 0 Å². The number of thiophene rings is 1. The fourth-order valence-electron chi connectivity index (χ4n) is 2.90. The Balaban J connectivity index is 2.11. The SMILES string of the molecule is COCCOC(=O)c1c(NC(=O)COC(=O)c2ccc(OC(C)C)c(OC)c2)sc(C(N)=O)c1C. The van der Waals surface area contributed by atoms with E-state index >= 15 is 0 Å². The average Bonchev–Trinajstić information content (AvgIpc) is 3.13. The van der Waals surface area contributed by atoms with Gasteiger partial charge in [-0.25, -0.2) is 9.59 Å². The molecule has 12 heteroatoms. The molecule has 0 atom stereocenters. The molecule has 0 bridgehead atoms. The van der Waals surface area contributed by atoms with Crippen molar-refractivity contribution >= 4 is 40.1 Å². The molecule has 2 aromatic rings. The van der Waals surface area contributed by atoms with Gasteiger partial charge >= 0.3 is 11.9 Å². The second kappa shape index (κ2) is 12.7. The molecule has 0 spiro atoms. The molecule has 0 saturated heterocycles. The number of rotatable bonds is 12. The van der Waals surface area contributed by atoms with E-state index in [9.17, 15) is 19.2 Å². The van der Waals surface area contributed by atoms with Crippen LogP contribution in [0.5, 0.6) is 11.5 Å². The van der Waals surface area contributed by atoms with Crippen LogP contribution in [-0.4, -0.2) is 63.9 Å². The minimum absolute atomic E-state index is 0.00921. The van der Waals surface area contributed by atoms with Crippen molar-refractivity contribution in [3.63, 3.8) is 0 Å². The fourth-order valence-corrected chi connectivity index (χ4v) is 3.96. The molecule has 0 aliphatic rings. The Kier molecular flexibility index (Phi) is 10.0. The maximum Gasteiger partial charge on any atom is 0.341 e. The number of ether oxygens (including phenoxy) is 5. The maximum atomic E-state index is 12.5. The number of anilines is 1. The Morgan fingerprint density at radius 1 is 1.03 bits per heavy atom. The molecule has 1 aromatic carbocycles. The predicted molar refractivity (Wildman–Crippen MR) is 127 cm³/mol. The lowest BCUT2D eigenvalue weighted by atomic mass is 10.1.